The summed E-state index contributed by atoms with van der Waals surface area (Å²) in [5.74, 6) is 2.22. The fourth-order valence-corrected chi connectivity index (χ4v) is 3.71. The van der Waals surface area contributed by atoms with Gasteiger partial charge in [-0.1, -0.05) is 13.8 Å². The molecule has 0 bridgehead atoms. The number of hydrogen-bond donors (Lipinski definition) is 2. The Labute approximate surface area is 112 Å². The van der Waals surface area contributed by atoms with Crippen molar-refractivity contribution in [3.8, 4) is 0 Å². The molecule has 18 heavy (non-hydrogen) atoms. The van der Waals surface area contributed by atoms with Crippen molar-refractivity contribution in [2.24, 2.45) is 17.8 Å². The summed E-state index contributed by atoms with van der Waals surface area (Å²) < 4.78 is 0. The molecule has 0 radical (unpaired) electrons. The number of nitrogens with zero attached hydrogens (tertiary/aromatic N) is 1. The Kier molecular flexibility index (Phi) is 4.35. The molecular weight excluding hydrogens is 224 g/mol. The second-order valence-electron chi connectivity index (χ2n) is 6.83. The van der Waals surface area contributed by atoms with E-state index in [2.05, 4.69) is 31.0 Å². The molecule has 2 aliphatic rings. The molecule has 2 fully saturated rings. The van der Waals surface area contributed by atoms with Crippen molar-refractivity contribution in [1.82, 2.24) is 10.2 Å². The normalized spacial score (nSPS) is 37.5. The summed E-state index contributed by atoms with van der Waals surface area (Å²) in [4.78, 5) is 2.60. The molecule has 1 saturated carbocycles. The first-order valence-corrected chi connectivity index (χ1v) is 7.56. The number of hydrogen-bond acceptors (Lipinski definition) is 3. The summed E-state index contributed by atoms with van der Waals surface area (Å²) in [5, 5.41) is 13.3. The molecule has 4 atom stereocenters. The zero-order valence-electron chi connectivity index (χ0n) is 12.4. The summed E-state index contributed by atoms with van der Waals surface area (Å²) in [7, 11) is 2.01. The molecule has 0 aromatic carbocycles. The minimum absolute atomic E-state index is 0.0644. The highest BCUT2D eigenvalue weighted by atomic mass is 16.3. The maximum atomic E-state index is 9.85. The minimum Gasteiger partial charge on any atom is -0.394 e. The summed E-state index contributed by atoms with van der Waals surface area (Å²) in [6.07, 6.45) is 3.89. The van der Waals surface area contributed by atoms with Crippen LogP contribution in [0.5, 0.6) is 0 Å². The molecule has 1 saturated heterocycles. The molecule has 3 nitrogen and oxygen atoms in total. The molecule has 3 heteroatoms. The predicted molar refractivity (Wildman–Crippen MR) is 75.6 cm³/mol. The van der Waals surface area contributed by atoms with Crippen LogP contribution in [0.1, 0.15) is 40.0 Å². The average Bonchev–Trinajstić information content (AvgIpc) is 3.16. The Hall–Kier alpha value is -0.120. The zero-order valence-corrected chi connectivity index (χ0v) is 12.4. The molecule has 1 heterocycles. The summed E-state index contributed by atoms with van der Waals surface area (Å²) in [6.45, 7) is 9.51. The third-order valence-electron chi connectivity index (χ3n) is 5.34. The molecule has 2 N–H and O–H groups in total. The van der Waals surface area contributed by atoms with Gasteiger partial charge < -0.3 is 10.4 Å². The maximum absolute atomic E-state index is 9.85. The van der Waals surface area contributed by atoms with E-state index in [4.69, 9.17) is 0 Å². The van der Waals surface area contributed by atoms with E-state index in [9.17, 15) is 5.11 Å². The van der Waals surface area contributed by atoms with Crippen LogP contribution in [0.15, 0.2) is 0 Å². The average molecular weight is 254 g/mol. The molecule has 1 aliphatic carbocycles. The number of rotatable bonds is 5. The quantitative estimate of drug-likeness (QED) is 0.784. The van der Waals surface area contributed by atoms with Crippen LogP contribution in [-0.2, 0) is 0 Å². The SMILES string of the molecule is CNC(CO)(CN1CC(C)CC(C)C1C)C1CC1. The molecule has 0 aromatic heterocycles. The topological polar surface area (TPSA) is 35.5 Å². The first-order valence-electron chi connectivity index (χ1n) is 7.56. The van der Waals surface area contributed by atoms with Gasteiger partial charge in [-0.15, -0.1) is 0 Å². The fourth-order valence-electron chi connectivity index (χ4n) is 3.71. The Morgan fingerprint density at radius 2 is 1.94 bits per heavy atom. The van der Waals surface area contributed by atoms with Gasteiger partial charge in [-0.25, -0.2) is 0 Å². The van der Waals surface area contributed by atoms with E-state index in [1.807, 2.05) is 7.05 Å². The lowest BCUT2D eigenvalue weighted by atomic mass is 9.83. The standard InChI is InChI=1S/C15H30N2O/c1-11-7-12(2)13(3)17(8-11)9-15(10-18,16-4)14-5-6-14/h11-14,16,18H,5-10H2,1-4H3. The Balaban J connectivity index is 2.05. The first-order chi connectivity index (χ1) is 8.52. The number of likely N-dealkylation sites (tertiary alicyclic amines) is 1. The monoisotopic (exact) mass is 254 g/mol. The molecule has 0 amide bonds. The Morgan fingerprint density at radius 3 is 2.44 bits per heavy atom. The van der Waals surface area contributed by atoms with E-state index >= 15 is 0 Å². The summed E-state index contributed by atoms with van der Waals surface area (Å²) in [6, 6.07) is 0.638. The second-order valence-corrected chi connectivity index (χ2v) is 6.83. The van der Waals surface area contributed by atoms with Crippen molar-refractivity contribution in [1.29, 1.82) is 0 Å². The van der Waals surface area contributed by atoms with Gasteiger partial charge >= 0.3 is 0 Å². The molecular formula is C15H30N2O. The molecule has 0 spiro atoms. The lowest BCUT2D eigenvalue weighted by Crippen LogP contribution is -2.60. The highest BCUT2D eigenvalue weighted by Gasteiger charge is 2.46. The van der Waals surface area contributed by atoms with Crippen LogP contribution in [0.4, 0.5) is 0 Å². The lowest BCUT2D eigenvalue weighted by molar-refractivity contribution is 0.0260. The van der Waals surface area contributed by atoms with Gasteiger partial charge in [0.1, 0.15) is 0 Å². The largest absolute Gasteiger partial charge is 0.394 e. The molecule has 0 aromatic rings. The van der Waals surface area contributed by atoms with Gasteiger partial charge in [0.2, 0.25) is 0 Å². The third-order valence-corrected chi connectivity index (χ3v) is 5.34. The van der Waals surface area contributed by atoms with Gasteiger partial charge in [-0.3, -0.25) is 4.90 Å². The van der Waals surface area contributed by atoms with E-state index in [-0.39, 0.29) is 12.1 Å². The van der Waals surface area contributed by atoms with Gasteiger partial charge in [0.15, 0.2) is 0 Å². The van der Waals surface area contributed by atoms with Crippen LogP contribution >= 0.6 is 0 Å². The Bertz CT molecular complexity index is 274. The van der Waals surface area contributed by atoms with Gasteiger partial charge in [-0.2, -0.15) is 0 Å². The van der Waals surface area contributed by atoms with Crippen LogP contribution in [0.3, 0.4) is 0 Å². The molecule has 106 valence electrons. The molecule has 2 rings (SSSR count). The summed E-state index contributed by atoms with van der Waals surface area (Å²) in [5.41, 5.74) is -0.0644. The van der Waals surface area contributed by atoms with E-state index in [0.717, 1.165) is 18.4 Å². The zero-order chi connectivity index (χ0) is 13.3. The highest BCUT2D eigenvalue weighted by Crippen LogP contribution is 2.41. The molecule has 4 unspecified atom stereocenters. The van der Waals surface area contributed by atoms with Gasteiger partial charge in [0.05, 0.1) is 12.1 Å². The maximum Gasteiger partial charge on any atom is 0.0628 e. The van der Waals surface area contributed by atoms with Crippen molar-refractivity contribution in [2.75, 3.05) is 26.7 Å². The number of likely N-dealkylation sites (N-methyl/N-ethyl adjacent to an activating group) is 1. The van der Waals surface area contributed by atoms with E-state index < -0.39 is 0 Å². The van der Waals surface area contributed by atoms with Crippen molar-refractivity contribution >= 4 is 0 Å². The van der Waals surface area contributed by atoms with Gasteiger partial charge in [0.25, 0.3) is 0 Å². The smallest absolute Gasteiger partial charge is 0.0628 e. The summed E-state index contributed by atoms with van der Waals surface area (Å²) >= 11 is 0. The number of aliphatic hydroxyl groups is 1. The van der Waals surface area contributed by atoms with E-state index in [1.54, 1.807) is 0 Å². The van der Waals surface area contributed by atoms with Crippen LogP contribution in [0.25, 0.3) is 0 Å². The van der Waals surface area contributed by atoms with Crippen LogP contribution in [0, 0.1) is 17.8 Å². The van der Waals surface area contributed by atoms with Gasteiger partial charge in [0, 0.05) is 19.1 Å². The van der Waals surface area contributed by atoms with Crippen LogP contribution in [-0.4, -0.2) is 48.3 Å². The fraction of sp³-hybridized carbons (Fsp3) is 1.00. The van der Waals surface area contributed by atoms with Crippen molar-refractivity contribution in [3.63, 3.8) is 0 Å². The van der Waals surface area contributed by atoms with Crippen molar-refractivity contribution in [2.45, 2.75) is 51.6 Å². The van der Waals surface area contributed by atoms with Crippen LogP contribution in [0.2, 0.25) is 0 Å². The minimum atomic E-state index is -0.0644. The number of piperidine rings is 1. The lowest BCUT2D eigenvalue weighted by Gasteiger charge is -2.46. The Morgan fingerprint density at radius 1 is 1.28 bits per heavy atom. The second kappa shape index (κ2) is 5.48. The van der Waals surface area contributed by atoms with Crippen molar-refractivity contribution in [3.05, 3.63) is 0 Å². The van der Waals surface area contributed by atoms with Crippen molar-refractivity contribution < 1.29 is 5.11 Å². The molecule has 1 aliphatic heterocycles. The van der Waals surface area contributed by atoms with E-state index in [1.165, 1.54) is 25.8 Å². The number of nitrogens with one attached hydrogen (secondary N) is 1. The number of aliphatic hydroxyl groups excluding tert-OH is 1. The van der Waals surface area contributed by atoms with Gasteiger partial charge in [-0.05, 0) is 51.0 Å². The first kappa shape index (κ1) is 14.3. The predicted octanol–water partition coefficient (Wildman–Crippen LogP) is 1.71. The highest BCUT2D eigenvalue weighted by molar-refractivity contribution is 5.03. The third kappa shape index (κ3) is 2.73. The van der Waals surface area contributed by atoms with Crippen LogP contribution < -0.4 is 5.32 Å². The van der Waals surface area contributed by atoms with E-state index in [0.29, 0.717) is 12.0 Å².